The van der Waals surface area contributed by atoms with E-state index in [9.17, 15) is 19.2 Å². The summed E-state index contributed by atoms with van der Waals surface area (Å²) >= 11 is 0. The number of imidazole rings is 1. The third-order valence-corrected chi connectivity index (χ3v) is 5.87. The first-order chi connectivity index (χ1) is 16.9. The van der Waals surface area contributed by atoms with Crippen LogP contribution >= 0.6 is 0 Å². The predicted molar refractivity (Wildman–Crippen MR) is 128 cm³/mol. The number of rotatable bonds is 9. The lowest BCUT2D eigenvalue weighted by atomic mass is 10.2. The molecule has 0 amide bonds. The minimum absolute atomic E-state index is 0.133. The van der Waals surface area contributed by atoms with Gasteiger partial charge >= 0.3 is 17.6 Å². The summed E-state index contributed by atoms with van der Waals surface area (Å²) in [5.74, 6) is -0.678. The summed E-state index contributed by atoms with van der Waals surface area (Å²) < 4.78 is 15.0. The molecule has 0 radical (unpaired) electrons. The van der Waals surface area contributed by atoms with Crippen molar-refractivity contribution in [3.63, 3.8) is 0 Å². The fourth-order valence-electron chi connectivity index (χ4n) is 4.17. The summed E-state index contributed by atoms with van der Waals surface area (Å²) in [6, 6.07) is 7.19. The molecule has 11 nitrogen and oxygen atoms in total. The maximum absolute atomic E-state index is 12.7. The second kappa shape index (κ2) is 10.00. The zero-order chi connectivity index (χ0) is 25.1. The van der Waals surface area contributed by atoms with Gasteiger partial charge in [0.1, 0.15) is 19.0 Å². The maximum atomic E-state index is 12.7. The maximum Gasteiger partial charge on any atom is 0.340 e. The first kappa shape index (κ1) is 24.0. The summed E-state index contributed by atoms with van der Waals surface area (Å²) in [5.41, 5.74) is 0.553. The molecule has 0 saturated carbocycles. The fourth-order valence-corrected chi connectivity index (χ4v) is 4.17. The Morgan fingerprint density at radius 3 is 2.60 bits per heavy atom. The van der Waals surface area contributed by atoms with Crippen molar-refractivity contribution in [2.75, 3.05) is 7.11 Å². The topological polar surface area (TPSA) is 130 Å². The van der Waals surface area contributed by atoms with Crippen LogP contribution in [0.5, 0.6) is 0 Å². The molecule has 1 aromatic carbocycles. The molecular formula is C24H27N5O6. The highest BCUT2D eigenvalue weighted by atomic mass is 16.5. The van der Waals surface area contributed by atoms with E-state index in [0.29, 0.717) is 35.4 Å². The number of hydrogen-bond acceptors (Lipinski definition) is 7. The molecule has 0 bridgehead atoms. The predicted octanol–water partition coefficient (Wildman–Crippen LogP) is 2.19. The number of methoxy groups -OCH3 is 1. The molecule has 35 heavy (non-hydrogen) atoms. The first-order valence-corrected chi connectivity index (χ1v) is 11.4. The third-order valence-electron chi connectivity index (χ3n) is 5.87. The Morgan fingerprint density at radius 2 is 1.89 bits per heavy atom. The minimum atomic E-state index is -0.547. The minimum Gasteiger partial charge on any atom is -0.465 e. The molecular weight excluding hydrogens is 454 g/mol. The van der Waals surface area contributed by atoms with E-state index in [1.807, 2.05) is 19.9 Å². The number of aromatic nitrogens is 5. The normalized spacial score (nSPS) is 11.3. The summed E-state index contributed by atoms with van der Waals surface area (Å²) in [5, 5.41) is 0.671. The third kappa shape index (κ3) is 4.48. The van der Waals surface area contributed by atoms with Crippen LogP contribution < -0.4 is 11.2 Å². The summed E-state index contributed by atoms with van der Waals surface area (Å²) in [6.45, 7) is 4.37. The van der Waals surface area contributed by atoms with Gasteiger partial charge < -0.3 is 18.6 Å². The Hall–Kier alpha value is -4.15. The smallest absolute Gasteiger partial charge is 0.340 e. The number of ether oxygens (including phenoxy) is 2. The Labute approximate surface area is 199 Å². The Morgan fingerprint density at radius 1 is 1.11 bits per heavy atom. The molecule has 4 aromatic rings. The van der Waals surface area contributed by atoms with E-state index in [-0.39, 0.29) is 24.3 Å². The second-order valence-corrected chi connectivity index (χ2v) is 8.05. The van der Waals surface area contributed by atoms with Crippen molar-refractivity contribution in [3.05, 3.63) is 62.7 Å². The van der Waals surface area contributed by atoms with Crippen molar-refractivity contribution in [3.8, 4) is 0 Å². The lowest BCUT2D eigenvalue weighted by molar-refractivity contribution is -0.145. The van der Waals surface area contributed by atoms with Gasteiger partial charge in [0, 0.05) is 30.2 Å². The van der Waals surface area contributed by atoms with E-state index in [2.05, 4.69) is 9.97 Å². The second-order valence-electron chi connectivity index (χ2n) is 8.05. The zero-order valence-corrected chi connectivity index (χ0v) is 19.9. The fraction of sp³-hybridized carbons (Fsp3) is 0.375. The molecule has 184 valence electrons. The molecule has 4 rings (SSSR count). The van der Waals surface area contributed by atoms with E-state index in [0.717, 1.165) is 12.8 Å². The van der Waals surface area contributed by atoms with Gasteiger partial charge in [-0.15, -0.1) is 0 Å². The van der Waals surface area contributed by atoms with Gasteiger partial charge in [0.2, 0.25) is 0 Å². The van der Waals surface area contributed by atoms with Crippen molar-refractivity contribution >= 4 is 34.0 Å². The highest BCUT2D eigenvalue weighted by Gasteiger charge is 2.20. The summed E-state index contributed by atoms with van der Waals surface area (Å²) in [7, 11) is 1.30. The van der Waals surface area contributed by atoms with Crippen LogP contribution in [0.1, 0.15) is 42.9 Å². The van der Waals surface area contributed by atoms with Gasteiger partial charge in [-0.3, -0.25) is 19.1 Å². The SMILES string of the molecule is CCCCn1c(=O)[nH]c(=O)c2c1nc(COC(=O)Cn1cc(C(=O)OC)c3ccccc31)n2CC. The quantitative estimate of drug-likeness (QED) is 0.363. The van der Waals surface area contributed by atoms with Crippen molar-refractivity contribution < 1.29 is 19.1 Å². The van der Waals surface area contributed by atoms with Gasteiger partial charge in [0.25, 0.3) is 5.56 Å². The molecule has 0 aliphatic heterocycles. The van der Waals surface area contributed by atoms with E-state index in [1.165, 1.54) is 11.7 Å². The number of aryl methyl sites for hydroxylation is 2. The van der Waals surface area contributed by atoms with Gasteiger partial charge in [-0.25, -0.2) is 14.6 Å². The summed E-state index contributed by atoms with van der Waals surface area (Å²) in [4.78, 5) is 56.5. The van der Waals surface area contributed by atoms with Crippen LogP contribution in [0.4, 0.5) is 0 Å². The number of unbranched alkanes of at least 4 members (excludes halogenated alkanes) is 1. The standard InChI is InChI=1S/C24H27N5O6/c1-4-6-11-29-21-20(22(31)26-24(29)33)28(5-2)18(25-21)14-35-19(30)13-27-12-16(23(32)34-3)15-9-7-8-10-17(15)27/h7-10,12H,4-6,11,13-14H2,1-3H3,(H,26,31,33). The number of nitrogens with zero attached hydrogens (tertiary/aromatic N) is 4. The molecule has 0 aliphatic rings. The van der Waals surface area contributed by atoms with Gasteiger partial charge in [-0.2, -0.15) is 0 Å². The molecule has 0 atom stereocenters. The number of para-hydroxylation sites is 1. The van der Waals surface area contributed by atoms with E-state index < -0.39 is 23.2 Å². The molecule has 0 saturated heterocycles. The number of aromatic amines is 1. The molecule has 1 N–H and O–H groups in total. The van der Waals surface area contributed by atoms with Crippen LogP contribution in [-0.2, 0) is 40.5 Å². The highest BCUT2D eigenvalue weighted by Crippen LogP contribution is 2.22. The molecule has 0 spiro atoms. The Kier molecular flexibility index (Phi) is 6.85. The van der Waals surface area contributed by atoms with Crippen LogP contribution in [0.15, 0.2) is 40.1 Å². The molecule has 3 aromatic heterocycles. The van der Waals surface area contributed by atoms with Gasteiger partial charge in [0.15, 0.2) is 11.2 Å². The molecule has 0 aliphatic carbocycles. The number of carbonyl (C=O) groups excluding carboxylic acids is 2. The van der Waals surface area contributed by atoms with Crippen LogP contribution in [0, 0.1) is 0 Å². The largest absolute Gasteiger partial charge is 0.465 e. The average Bonchev–Trinajstić information content (AvgIpc) is 3.41. The number of benzene rings is 1. The lowest BCUT2D eigenvalue weighted by Crippen LogP contribution is -2.31. The number of hydrogen-bond donors (Lipinski definition) is 1. The van der Waals surface area contributed by atoms with E-state index >= 15 is 0 Å². The van der Waals surface area contributed by atoms with Crippen molar-refractivity contribution in [1.82, 2.24) is 23.7 Å². The lowest BCUT2D eigenvalue weighted by Gasteiger charge is -2.08. The van der Waals surface area contributed by atoms with Gasteiger partial charge in [-0.1, -0.05) is 31.5 Å². The van der Waals surface area contributed by atoms with Gasteiger partial charge in [-0.05, 0) is 19.4 Å². The molecule has 0 fully saturated rings. The Bertz CT molecular complexity index is 1520. The summed E-state index contributed by atoms with van der Waals surface area (Å²) in [6.07, 6.45) is 3.19. The van der Waals surface area contributed by atoms with Crippen LogP contribution in [-0.4, -0.2) is 42.7 Å². The van der Waals surface area contributed by atoms with Crippen LogP contribution in [0.2, 0.25) is 0 Å². The highest BCUT2D eigenvalue weighted by molar-refractivity contribution is 6.04. The van der Waals surface area contributed by atoms with Crippen molar-refractivity contribution in [2.45, 2.75) is 52.9 Å². The van der Waals surface area contributed by atoms with E-state index in [1.54, 1.807) is 33.5 Å². The molecule has 0 unspecified atom stereocenters. The van der Waals surface area contributed by atoms with E-state index in [4.69, 9.17) is 9.47 Å². The number of esters is 2. The number of H-pyrrole nitrogens is 1. The zero-order valence-electron chi connectivity index (χ0n) is 19.9. The molecule has 3 heterocycles. The molecule has 11 heteroatoms. The van der Waals surface area contributed by atoms with Crippen LogP contribution in [0.3, 0.4) is 0 Å². The first-order valence-electron chi connectivity index (χ1n) is 11.4. The van der Waals surface area contributed by atoms with Crippen molar-refractivity contribution in [2.24, 2.45) is 0 Å². The Balaban J connectivity index is 1.60. The number of fused-ring (bicyclic) bond motifs is 2. The van der Waals surface area contributed by atoms with Crippen LogP contribution in [0.25, 0.3) is 22.1 Å². The average molecular weight is 482 g/mol. The number of carbonyl (C=O) groups is 2. The number of nitrogens with one attached hydrogen (secondary N) is 1. The van der Waals surface area contributed by atoms with Gasteiger partial charge in [0.05, 0.1) is 12.7 Å². The van der Waals surface area contributed by atoms with Crippen molar-refractivity contribution in [1.29, 1.82) is 0 Å². The monoisotopic (exact) mass is 481 g/mol.